The number of hydrogen-bond donors (Lipinski definition) is 0. The van der Waals surface area contributed by atoms with Crippen LogP contribution in [0.5, 0.6) is 0 Å². The first-order chi connectivity index (χ1) is 28.1. The molecule has 0 N–H and O–H groups in total. The van der Waals surface area contributed by atoms with Gasteiger partial charge in [0, 0.05) is 42.3 Å². The predicted molar refractivity (Wildman–Crippen MR) is 240 cm³/mol. The predicted octanol–water partition coefficient (Wildman–Crippen LogP) is 14.5. The molecule has 2 nitrogen and oxygen atoms in total. The van der Waals surface area contributed by atoms with Crippen LogP contribution in [0.15, 0.2) is 200 Å². The average molecular weight is 745 g/mol. The van der Waals surface area contributed by atoms with E-state index >= 15 is 0 Å². The van der Waals surface area contributed by atoms with Crippen LogP contribution in [0.25, 0.3) is 87.5 Å². The van der Waals surface area contributed by atoms with Gasteiger partial charge in [-0.1, -0.05) is 164 Å². The third-order valence-electron chi connectivity index (χ3n) is 11.8. The Morgan fingerprint density at radius 2 is 0.877 bits per heavy atom. The number of thiophene rings is 1. The maximum absolute atomic E-state index is 5.18. The minimum absolute atomic E-state index is 0.221. The zero-order chi connectivity index (χ0) is 37.9. The number of nitrogens with zero attached hydrogens (tertiary/aromatic N) is 2. The zero-order valence-electron chi connectivity index (χ0n) is 31.4. The fourth-order valence-electron chi connectivity index (χ4n) is 8.84. The summed E-state index contributed by atoms with van der Waals surface area (Å²) in [7, 11) is 0. The van der Waals surface area contributed by atoms with E-state index in [1.165, 1.54) is 59.1 Å². The second kappa shape index (κ2) is 13.4. The standard InChI is InChI=1S/C54H36N2S/c1-54(47-22-8-5-19-43(47)44-20-6-9-23-48(44)54)42-28-25-35(26-29-42)37-15-11-17-40(31-37)49-34-50(56-53(55-49)36-13-3-2-4-14-36)41-18-12-16-38(32-41)39-27-30-52-46(33-39)45-21-7-10-24-51(45)57-52/h2-34H,1H3. The Hall–Kier alpha value is -6.94. The Labute approximate surface area is 336 Å². The van der Waals surface area contributed by atoms with Crippen LogP contribution in [0.4, 0.5) is 0 Å². The molecule has 11 rings (SSSR count). The largest absolute Gasteiger partial charge is 0.228 e. The van der Waals surface area contributed by atoms with E-state index in [2.05, 4.69) is 189 Å². The lowest BCUT2D eigenvalue weighted by atomic mass is 9.74. The lowest BCUT2D eigenvalue weighted by Crippen LogP contribution is -2.22. The van der Waals surface area contributed by atoms with E-state index in [0.29, 0.717) is 5.82 Å². The molecule has 2 aromatic heterocycles. The van der Waals surface area contributed by atoms with Gasteiger partial charge in [-0.15, -0.1) is 11.3 Å². The molecule has 2 heterocycles. The van der Waals surface area contributed by atoms with Crippen molar-refractivity contribution in [2.24, 2.45) is 0 Å². The second-order valence-corrected chi connectivity index (χ2v) is 16.2. The molecule has 0 bridgehead atoms. The Morgan fingerprint density at radius 1 is 0.368 bits per heavy atom. The van der Waals surface area contributed by atoms with Gasteiger partial charge in [0.2, 0.25) is 0 Å². The van der Waals surface area contributed by atoms with E-state index in [9.17, 15) is 0 Å². The number of aromatic nitrogens is 2. The van der Waals surface area contributed by atoms with Gasteiger partial charge in [0.15, 0.2) is 5.82 Å². The van der Waals surface area contributed by atoms with Gasteiger partial charge < -0.3 is 0 Å². The molecular formula is C54H36N2S. The van der Waals surface area contributed by atoms with Gasteiger partial charge in [-0.05, 0) is 93.4 Å². The van der Waals surface area contributed by atoms with Gasteiger partial charge in [-0.3, -0.25) is 0 Å². The summed E-state index contributed by atoms with van der Waals surface area (Å²) in [6.45, 7) is 2.37. The van der Waals surface area contributed by atoms with Crippen LogP contribution in [0, 0.1) is 0 Å². The summed E-state index contributed by atoms with van der Waals surface area (Å²) in [5.41, 5.74) is 16.0. The van der Waals surface area contributed by atoms with Gasteiger partial charge >= 0.3 is 0 Å². The van der Waals surface area contributed by atoms with Gasteiger partial charge in [0.05, 0.1) is 11.4 Å². The van der Waals surface area contributed by atoms with Crippen molar-refractivity contribution in [1.29, 1.82) is 0 Å². The van der Waals surface area contributed by atoms with Crippen molar-refractivity contribution in [1.82, 2.24) is 9.97 Å². The molecule has 0 saturated heterocycles. The Bertz CT molecular complexity index is 3090. The highest BCUT2D eigenvalue weighted by Gasteiger charge is 2.40. The molecule has 0 amide bonds. The summed E-state index contributed by atoms with van der Waals surface area (Å²) in [4.78, 5) is 10.4. The lowest BCUT2D eigenvalue weighted by molar-refractivity contribution is 0.714. The molecule has 0 aliphatic heterocycles. The first kappa shape index (κ1) is 33.4. The zero-order valence-corrected chi connectivity index (χ0v) is 32.2. The second-order valence-electron chi connectivity index (χ2n) is 15.1. The fraction of sp³-hybridized carbons (Fsp3) is 0.0370. The number of benzene rings is 8. The van der Waals surface area contributed by atoms with Crippen molar-refractivity contribution in [2.75, 3.05) is 0 Å². The summed E-state index contributed by atoms with van der Waals surface area (Å²) in [5, 5.41) is 2.60. The van der Waals surface area contributed by atoms with E-state index in [1.807, 2.05) is 29.5 Å². The van der Waals surface area contributed by atoms with Crippen molar-refractivity contribution in [3.8, 4) is 67.3 Å². The van der Waals surface area contributed by atoms with Crippen LogP contribution >= 0.6 is 11.3 Å². The molecular weight excluding hydrogens is 709 g/mol. The highest BCUT2D eigenvalue weighted by Crippen LogP contribution is 2.52. The average Bonchev–Trinajstić information content (AvgIpc) is 3.79. The molecule has 268 valence electrons. The molecule has 10 aromatic rings. The summed E-state index contributed by atoms with van der Waals surface area (Å²) in [6, 6.07) is 72.3. The molecule has 8 aromatic carbocycles. The van der Waals surface area contributed by atoms with Gasteiger partial charge in [-0.25, -0.2) is 9.97 Å². The molecule has 1 aliphatic rings. The molecule has 57 heavy (non-hydrogen) atoms. The minimum atomic E-state index is -0.221. The van der Waals surface area contributed by atoms with E-state index in [1.54, 1.807) is 0 Å². The molecule has 0 saturated carbocycles. The molecule has 0 unspecified atom stereocenters. The van der Waals surface area contributed by atoms with Crippen LogP contribution in [-0.2, 0) is 5.41 Å². The van der Waals surface area contributed by atoms with E-state index in [-0.39, 0.29) is 5.41 Å². The monoisotopic (exact) mass is 744 g/mol. The third kappa shape index (κ3) is 5.62. The fourth-order valence-corrected chi connectivity index (χ4v) is 9.93. The number of hydrogen-bond acceptors (Lipinski definition) is 3. The highest BCUT2D eigenvalue weighted by molar-refractivity contribution is 7.25. The van der Waals surface area contributed by atoms with E-state index < -0.39 is 0 Å². The van der Waals surface area contributed by atoms with Crippen molar-refractivity contribution in [3.05, 3.63) is 217 Å². The normalized spacial score (nSPS) is 12.8. The van der Waals surface area contributed by atoms with Crippen LogP contribution in [0.3, 0.4) is 0 Å². The molecule has 1 aliphatic carbocycles. The highest BCUT2D eigenvalue weighted by atomic mass is 32.1. The summed E-state index contributed by atoms with van der Waals surface area (Å²) in [5.74, 6) is 0.708. The summed E-state index contributed by atoms with van der Waals surface area (Å²) in [6.07, 6.45) is 0. The van der Waals surface area contributed by atoms with Crippen molar-refractivity contribution in [2.45, 2.75) is 12.3 Å². The first-order valence-electron chi connectivity index (χ1n) is 19.5. The minimum Gasteiger partial charge on any atom is -0.228 e. The maximum atomic E-state index is 5.18. The van der Waals surface area contributed by atoms with E-state index in [0.717, 1.165) is 39.2 Å². The molecule has 0 atom stereocenters. The van der Waals surface area contributed by atoms with Crippen molar-refractivity contribution in [3.63, 3.8) is 0 Å². The SMILES string of the molecule is CC1(c2ccc(-c3cccc(-c4cc(-c5cccc(-c6ccc7sc8ccccc8c7c6)c5)nc(-c5ccccc5)n4)c3)cc2)c2ccccc2-c2ccccc21. The third-order valence-corrected chi connectivity index (χ3v) is 13.0. The van der Waals surface area contributed by atoms with E-state index in [4.69, 9.17) is 9.97 Å². The van der Waals surface area contributed by atoms with Crippen LogP contribution in [-0.4, -0.2) is 9.97 Å². The van der Waals surface area contributed by atoms with Gasteiger partial charge in [-0.2, -0.15) is 0 Å². The molecule has 0 radical (unpaired) electrons. The Balaban J connectivity index is 0.970. The van der Waals surface area contributed by atoms with Crippen LogP contribution in [0.1, 0.15) is 23.6 Å². The van der Waals surface area contributed by atoms with Crippen molar-refractivity contribution < 1.29 is 0 Å². The number of fused-ring (bicyclic) bond motifs is 6. The smallest absolute Gasteiger partial charge is 0.160 e. The van der Waals surface area contributed by atoms with Crippen LogP contribution in [0.2, 0.25) is 0 Å². The topological polar surface area (TPSA) is 25.8 Å². The Kier molecular flexibility index (Phi) is 7.84. The molecule has 3 heteroatoms. The van der Waals surface area contributed by atoms with Gasteiger partial charge in [0.1, 0.15) is 0 Å². The Morgan fingerprint density at radius 3 is 1.56 bits per heavy atom. The molecule has 0 fully saturated rings. The van der Waals surface area contributed by atoms with Crippen molar-refractivity contribution >= 4 is 31.5 Å². The molecule has 0 spiro atoms. The van der Waals surface area contributed by atoms with Gasteiger partial charge in [0.25, 0.3) is 0 Å². The first-order valence-corrected chi connectivity index (χ1v) is 20.3. The maximum Gasteiger partial charge on any atom is 0.160 e. The summed E-state index contributed by atoms with van der Waals surface area (Å²) >= 11 is 1.85. The summed E-state index contributed by atoms with van der Waals surface area (Å²) < 4.78 is 2.62. The van der Waals surface area contributed by atoms with Crippen LogP contribution < -0.4 is 0 Å². The lowest BCUT2D eigenvalue weighted by Gasteiger charge is -2.28. The quantitative estimate of drug-likeness (QED) is 0.169. The number of rotatable bonds is 6.